The second-order valence-electron chi connectivity index (χ2n) is 7.63. The number of aromatic nitrogens is 2. The molecule has 156 valence electrons. The highest BCUT2D eigenvalue weighted by Crippen LogP contribution is 2.31. The van der Waals surface area contributed by atoms with Gasteiger partial charge in [-0.15, -0.1) is 0 Å². The number of likely N-dealkylation sites (tertiary alicyclic amines) is 1. The topological polar surface area (TPSA) is 68.5 Å². The Labute approximate surface area is 176 Å². The van der Waals surface area contributed by atoms with Crippen LogP contribution in [0.4, 0.5) is 0 Å². The first-order chi connectivity index (χ1) is 14.7. The van der Waals surface area contributed by atoms with Gasteiger partial charge in [-0.05, 0) is 57.5 Å². The van der Waals surface area contributed by atoms with Crippen molar-refractivity contribution in [1.29, 1.82) is 0 Å². The van der Waals surface area contributed by atoms with E-state index in [9.17, 15) is 4.79 Å². The minimum atomic E-state index is -0.00620. The minimum absolute atomic E-state index is 0.00620. The first kappa shape index (κ1) is 20.3. The molecule has 1 fully saturated rings. The van der Waals surface area contributed by atoms with Crippen molar-refractivity contribution < 1.29 is 13.9 Å². The largest absolute Gasteiger partial charge is 0.493 e. The molecule has 0 spiro atoms. The van der Waals surface area contributed by atoms with E-state index in [4.69, 9.17) is 14.1 Å². The molecular formula is C24H27N3O3. The quantitative estimate of drug-likeness (QED) is 0.538. The van der Waals surface area contributed by atoms with Crippen LogP contribution in [0.3, 0.4) is 0 Å². The molecule has 30 heavy (non-hydrogen) atoms. The summed E-state index contributed by atoms with van der Waals surface area (Å²) in [5.41, 5.74) is 2.46. The van der Waals surface area contributed by atoms with E-state index in [1.54, 1.807) is 12.4 Å². The molecule has 2 aromatic heterocycles. The lowest BCUT2D eigenvalue weighted by Crippen LogP contribution is -2.38. The standard InChI is InChI=1S/C24H27N3O3/c1-3-29-22-11-5-4-10-20(22)24-26-21(17(2)30-24)16-27-13-7-9-19(15-27)23(28)18-8-6-12-25-14-18/h4-6,8,10-12,14,19H,3,7,9,13,15-16H2,1-2H3/t19-/m1/s1. The van der Waals surface area contributed by atoms with Crippen LogP contribution >= 0.6 is 0 Å². The lowest BCUT2D eigenvalue weighted by Gasteiger charge is -2.31. The number of nitrogens with zero attached hydrogens (tertiary/aromatic N) is 3. The van der Waals surface area contributed by atoms with Gasteiger partial charge in [0.25, 0.3) is 0 Å². The number of hydrogen-bond acceptors (Lipinski definition) is 6. The Balaban J connectivity index is 1.48. The third kappa shape index (κ3) is 4.44. The van der Waals surface area contributed by atoms with Crippen molar-refractivity contribution in [1.82, 2.24) is 14.9 Å². The minimum Gasteiger partial charge on any atom is -0.493 e. The fraction of sp³-hybridized carbons (Fsp3) is 0.375. The molecule has 1 aliphatic heterocycles. The second-order valence-corrected chi connectivity index (χ2v) is 7.63. The smallest absolute Gasteiger partial charge is 0.230 e. The van der Waals surface area contributed by atoms with Crippen LogP contribution in [0.5, 0.6) is 5.75 Å². The first-order valence-electron chi connectivity index (χ1n) is 10.5. The number of Topliss-reactive ketones (excluding diaryl/α,β-unsaturated/α-hetero) is 1. The molecule has 3 heterocycles. The maximum Gasteiger partial charge on any atom is 0.230 e. The predicted octanol–water partition coefficient (Wildman–Crippen LogP) is 4.54. The highest BCUT2D eigenvalue weighted by Gasteiger charge is 2.28. The van der Waals surface area contributed by atoms with Gasteiger partial charge in [0.1, 0.15) is 11.5 Å². The number of carbonyl (C=O) groups is 1. The normalized spacial score (nSPS) is 17.1. The summed E-state index contributed by atoms with van der Waals surface area (Å²) < 4.78 is 11.7. The van der Waals surface area contributed by atoms with E-state index in [1.165, 1.54) is 0 Å². The zero-order valence-corrected chi connectivity index (χ0v) is 17.5. The van der Waals surface area contributed by atoms with Crippen molar-refractivity contribution in [2.45, 2.75) is 33.2 Å². The van der Waals surface area contributed by atoms with Crippen LogP contribution in [-0.4, -0.2) is 40.3 Å². The number of oxazole rings is 1. The first-order valence-corrected chi connectivity index (χ1v) is 10.5. The molecule has 0 N–H and O–H groups in total. The monoisotopic (exact) mass is 405 g/mol. The zero-order valence-electron chi connectivity index (χ0n) is 17.5. The summed E-state index contributed by atoms with van der Waals surface area (Å²) in [5.74, 6) is 2.32. The summed E-state index contributed by atoms with van der Waals surface area (Å²) in [6.07, 6.45) is 5.26. The Morgan fingerprint density at radius 1 is 1.27 bits per heavy atom. The summed E-state index contributed by atoms with van der Waals surface area (Å²) in [5, 5.41) is 0. The number of piperidine rings is 1. The van der Waals surface area contributed by atoms with Crippen LogP contribution in [0.25, 0.3) is 11.5 Å². The Morgan fingerprint density at radius 3 is 2.93 bits per heavy atom. The number of ether oxygens (including phenoxy) is 1. The molecule has 1 aromatic carbocycles. The molecule has 0 amide bonds. The van der Waals surface area contributed by atoms with Gasteiger partial charge >= 0.3 is 0 Å². The molecule has 1 saturated heterocycles. The highest BCUT2D eigenvalue weighted by atomic mass is 16.5. The number of pyridine rings is 1. The molecule has 6 nitrogen and oxygen atoms in total. The lowest BCUT2D eigenvalue weighted by atomic mass is 9.90. The molecule has 1 aliphatic rings. The number of rotatable bonds is 7. The van der Waals surface area contributed by atoms with Crippen molar-refractivity contribution >= 4 is 5.78 Å². The SMILES string of the molecule is CCOc1ccccc1-c1nc(CN2CCC[C@@H](C(=O)c3cccnc3)C2)c(C)o1. The van der Waals surface area contributed by atoms with Crippen molar-refractivity contribution in [2.75, 3.05) is 19.7 Å². The van der Waals surface area contributed by atoms with Crippen LogP contribution in [0.15, 0.2) is 53.2 Å². The van der Waals surface area contributed by atoms with Crippen molar-refractivity contribution in [3.63, 3.8) is 0 Å². The van der Waals surface area contributed by atoms with Crippen LogP contribution in [0, 0.1) is 12.8 Å². The Hall–Kier alpha value is -2.99. The van der Waals surface area contributed by atoms with Gasteiger partial charge in [-0.3, -0.25) is 14.7 Å². The molecule has 3 aromatic rings. The van der Waals surface area contributed by atoms with E-state index in [1.807, 2.05) is 50.2 Å². The van der Waals surface area contributed by atoms with E-state index in [2.05, 4.69) is 9.88 Å². The number of para-hydroxylation sites is 1. The molecule has 0 unspecified atom stereocenters. The zero-order chi connectivity index (χ0) is 20.9. The summed E-state index contributed by atoms with van der Waals surface area (Å²) in [6.45, 7) is 6.84. The average Bonchev–Trinajstić information content (AvgIpc) is 3.14. The van der Waals surface area contributed by atoms with Crippen molar-refractivity contribution in [2.24, 2.45) is 5.92 Å². The van der Waals surface area contributed by atoms with Crippen LogP contribution < -0.4 is 4.74 Å². The molecule has 0 aliphatic carbocycles. The summed E-state index contributed by atoms with van der Waals surface area (Å²) >= 11 is 0. The van der Waals surface area contributed by atoms with Gasteiger partial charge in [0.2, 0.25) is 5.89 Å². The van der Waals surface area contributed by atoms with Gasteiger partial charge < -0.3 is 9.15 Å². The Kier molecular flexibility index (Phi) is 6.23. The fourth-order valence-corrected chi connectivity index (χ4v) is 3.98. The van der Waals surface area contributed by atoms with Gasteiger partial charge in [0.05, 0.1) is 17.9 Å². The third-order valence-electron chi connectivity index (χ3n) is 5.51. The number of benzene rings is 1. The summed E-state index contributed by atoms with van der Waals surface area (Å²) in [4.78, 5) is 24.0. The van der Waals surface area contributed by atoms with E-state index in [-0.39, 0.29) is 11.7 Å². The Morgan fingerprint density at radius 2 is 2.13 bits per heavy atom. The van der Waals surface area contributed by atoms with Crippen molar-refractivity contribution in [3.05, 3.63) is 65.8 Å². The van der Waals surface area contributed by atoms with Crippen LogP contribution in [-0.2, 0) is 6.54 Å². The lowest BCUT2D eigenvalue weighted by molar-refractivity contribution is 0.0809. The predicted molar refractivity (Wildman–Crippen MR) is 114 cm³/mol. The fourth-order valence-electron chi connectivity index (χ4n) is 3.98. The Bertz CT molecular complexity index is 1000. The molecule has 0 bridgehead atoms. The van der Waals surface area contributed by atoms with Crippen molar-refractivity contribution in [3.8, 4) is 17.2 Å². The number of hydrogen-bond donors (Lipinski definition) is 0. The van der Waals surface area contributed by atoms with E-state index < -0.39 is 0 Å². The van der Waals surface area contributed by atoms with Crippen LogP contribution in [0.2, 0.25) is 0 Å². The van der Waals surface area contributed by atoms with Gasteiger partial charge in [-0.2, -0.15) is 0 Å². The third-order valence-corrected chi connectivity index (χ3v) is 5.51. The highest BCUT2D eigenvalue weighted by molar-refractivity contribution is 5.97. The van der Waals surface area contributed by atoms with E-state index >= 15 is 0 Å². The summed E-state index contributed by atoms with van der Waals surface area (Å²) in [6, 6.07) is 11.4. The van der Waals surface area contributed by atoms with Gasteiger partial charge in [0, 0.05) is 37.0 Å². The molecular weight excluding hydrogens is 378 g/mol. The average molecular weight is 405 g/mol. The maximum absolute atomic E-state index is 12.8. The molecule has 0 saturated carbocycles. The van der Waals surface area contributed by atoms with E-state index in [0.29, 0.717) is 24.6 Å². The van der Waals surface area contributed by atoms with E-state index in [0.717, 1.165) is 48.7 Å². The van der Waals surface area contributed by atoms with Gasteiger partial charge in [-0.25, -0.2) is 4.98 Å². The number of ketones is 1. The summed E-state index contributed by atoms with van der Waals surface area (Å²) in [7, 11) is 0. The van der Waals surface area contributed by atoms with Gasteiger partial charge in [-0.1, -0.05) is 12.1 Å². The molecule has 4 rings (SSSR count). The van der Waals surface area contributed by atoms with Crippen LogP contribution in [0.1, 0.15) is 41.6 Å². The molecule has 1 atom stereocenters. The maximum atomic E-state index is 12.8. The second kappa shape index (κ2) is 9.22. The number of aryl methyl sites for hydroxylation is 1. The molecule has 0 radical (unpaired) electrons. The molecule has 6 heteroatoms. The van der Waals surface area contributed by atoms with Gasteiger partial charge in [0.15, 0.2) is 5.78 Å². The number of carbonyl (C=O) groups excluding carboxylic acids is 1.